The van der Waals surface area contributed by atoms with Crippen LogP contribution in [0, 0.1) is 11.8 Å². The van der Waals surface area contributed by atoms with Crippen molar-refractivity contribution in [1.29, 1.82) is 0 Å². The number of aromatic nitrogens is 2. The SMILES string of the molecule is COc1c(F)ccc2c1C(C)(C)CC(O)C2NC(=O)c1ccn(-c2ccc(F)nc2)c1N. The number of halogens is 2. The Bertz CT molecular complexity index is 1170. The third-order valence-electron chi connectivity index (χ3n) is 5.91. The molecule has 3 aromatic rings. The number of nitrogen functional groups attached to an aromatic ring is 1. The normalized spacial score (nSPS) is 19.3. The highest BCUT2D eigenvalue weighted by atomic mass is 19.1. The van der Waals surface area contributed by atoms with Gasteiger partial charge < -0.3 is 25.5 Å². The second-order valence-corrected chi connectivity index (χ2v) is 8.48. The molecule has 0 aliphatic heterocycles. The Morgan fingerprint density at radius 2 is 2.03 bits per heavy atom. The first-order valence-corrected chi connectivity index (χ1v) is 10.1. The summed E-state index contributed by atoms with van der Waals surface area (Å²) in [6, 6.07) is 6.25. The number of nitrogens with zero attached hydrogens (tertiary/aromatic N) is 2. The second kappa shape index (κ2) is 7.90. The van der Waals surface area contributed by atoms with E-state index in [2.05, 4.69) is 10.3 Å². The molecule has 2 heterocycles. The number of carbonyl (C=O) groups excluding carboxylic acids is 1. The van der Waals surface area contributed by atoms with Crippen molar-refractivity contribution >= 4 is 11.7 Å². The van der Waals surface area contributed by atoms with Crippen molar-refractivity contribution in [2.45, 2.75) is 37.8 Å². The van der Waals surface area contributed by atoms with E-state index >= 15 is 0 Å². The van der Waals surface area contributed by atoms with Crippen LogP contribution in [0.3, 0.4) is 0 Å². The number of nitrogens with one attached hydrogen (secondary N) is 1. The van der Waals surface area contributed by atoms with E-state index in [1.807, 2.05) is 13.8 Å². The van der Waals surface area contributed by atoms with Crippen LogP contribution < -0.4 is 15.8 Å². The molecule has 0 fully saturated rings. The molecule has 2 aromatic heterocycles. The molecule has 4 rings (SSSR count). The molecule has 7 nitrogen and oxygen atoms in total. The van der Waals surface area contributed by atoms with Gasteiger partial charge in [-0.2, -0.15) is 4.39 Å². The van der Waals surface area contributed by atoms with Crippen LogP contribution in [0.4, 0.5) is 14.6 Å². The van der Waals surface area contributed by atoms with Crippen molar-refractivity contribution in [2.75, 3.05) is 12.8 Å². The van der Waals surface area contributed by atoms with E-state index in [1.165, 1.54) is 42.1 Å². The number of amides is 1. The summed E-state index contributed by atoms with van der Waals surface area (Å²) >= 11 is 0. The molecule has 2 unspecified atom stereocenters. The molecule has 1 aliphatic rings. The Kier molecular flexibility index (Phi) is 5.37. The Balaban J connectivity index is 1.68. The Morgan fingerprint density at radius 1 is 1.28 bits per heavy atom. The fourth-order valence-corrected chi connectivity index (χ4v) is 4.44. The highest BCUT2D eigenvalue weighted by Gasteiger charge is 2.42. The van der Waals surface area contributed by atoms with Crippen LogP contribution in [-0.4, -0.2) is 33.8 Å². The van der Waals surface area contributed by atoms with Crippen LogP contribution in [0.5, 0.6) is 5.75 Å². The summed E-state index contributed by atoms with van der Waals surface area (Å²) in [5.74, 6) is -1.40. The largest absolute Gasteiger partial charge is 0.493 e. The van der Waals surface area contributed by atoms with Crippen LogP contribution in [0.2, 0.25) is 0 Å². The van der Waals surface area contributed by atoms with Gasteiger partial charge in [0, 0.05) is 11.8 Å². The number of fused-ring (bicyclic) bond motifs is 1. The predicted molar refractivity (Wildman–Crippen MR) is 115 cm³/mol. The van der Waals surface area contributed by atoms with Gasteiger partial charge in [0.1, 0.15) is 5.82 Å². The molecular weight excluding hydrogens is 418 g/mol. The van der Waals surface area contributed by atoms with Gasteiger partial charge in [0.15, 0.2) is 11.6 Å². The zero-order chi connectivity index (χ0) is 23.2. The molecule has 2 atom stereocenters. The van der Waals surface area contributed by atoms with Crippen LogP contribution in [-0.2, 0) is 5.41 Å². The number of aliphatic hydroxyl groups excluding tert-OH is 1. The number of benzene rings is 1. The number of methoxy groups -OCH3 is 1. The summed E-state index contributed by atoms with van der Waals surface area (Å²) in [6.45, 7) is 3.79. The van der Waals surface area contributed by atoms with E-state index in [4.69, 9.17) is 10.5 Å². The molecule has 0 bridgehead atoms. The highest BCUT2D eigenvalue weighted by Crippen LogP contribution is 2.47. The molecule has 1 aromatic carbocycles. The number of anilines is 1. The van der Waals surface area contributed by atoms with Gasteiger partial charge in [0.05, 0.1) is 36.7 Å². The number of hydrogen-bond acceptors (Lipinski definition) is 5. The van der Waals surface area contributed by atoms with E-state index in [9.17, 15) is 18.7 Å². The molecule has 0 saturated heterocycles. The number of pyridine rings is 1. The van der Waals surface area contributed by atoms with Crippen LogP contribution in [0.1, 0.15) is 47.8 Å². The molecule has 0 radical (unpaired) electrons. The molecule has 32 heavy (non-hydrogen) atoms. The number of aliphatic hydroxyl groups is 1. The van der Waals surface area contributed by atoms with Gasteiger partial charge in [-0.15, -0.1) is 0 Å². The van der Waals surface area contributed by atoms with Crippen molar-refractivity contribution in [3.63, 3.8) is 0 Å². The molecule has 0 saturated carbocycles. The van der Waals surface area contributed by atoms with Gasteiger partial charge in [-0.05, 0) is 41.7 Å². The predicted octanol–water partition coefficient (Wildman–Crippen LogP) is 3.25. The standard InChI is InChI=1S/C23H24F2N4O3/c1-23(2)10-16(30)19(13-5-6-15(24)20(32-3)18(13)23)28-22(31)14-8-9-29(21(14)26)12-4-7-17(25)27-11-12/h4-9,11,16,19,30H,10,26H2,1-3H3,(H,28,31). The molecule has 168 valence electrons. The van der Waals surface area contributed by atoms with Crippen molar-refractivity contribution in [1.82, 2.24) is 14.9 Å². The van der Waals surface area contributed by atoms with Gasteiger partial charge >= 0.3 is 0 Å². The van der Waals surface area contributed by atoms with E-state index in [0.29, 0.717) is 23.2 Å². The van der Waals surface area contributed by atoms with Crippen LogP contribution in [0.25, 0.3) is 5.69 Å². The van der Waals surface area contributed by atoms with Gasteiger partial charge in [0.25, 0.3) is 5.91 Å². The molecule has 1 amide bonds. The monoisotopic (exact) mass is 442 g/mol. The summed E-state index contributed by atoms with van der Waals surface area (Å²) in [6.07, 6.45) is 2.27. The Morgan fingerprint density at radius 3 is 2.69 bits per heavy atom. The number of carbonyl (C=O) groups is 1. The zero-order valence-corrected chi connectivity index (χ0v) is 17.9. The van der Waals surface area contributed by atoms with Gasteiger partial charge in [0.2, 0.25) is 5.95 Å². The Hall–Kier alpha value is -3.46. The first-order chi connectivity index (χ1) is 15.1. The van der Waals surface area contributed by atoms with Crippen molar-refractivity contribution in [2.24, 2.45) is 0 Å². The first-order valence-electron chi connectivity index (χ1n) is 10.1. The fraction of sp³-hybridized carbons (Fsp3) is 0.304. The minimum absolute atomic E-state index is 0.105. The maximum Gasteiger partial charge on any atom is 0.255 e. The molecular formula is C23H24F2N4O3. The van der Waals surface area contributed by atoms with Crippen molar-refractivity contribution in [3.05, 3.63) is 71.2 Å². The second-order valence-electron chi connectivity index (χ2n) is 8.48. The molecule has 4 N–H and O–H groups in total. The van der Waals surface area contributed by atoms with E-state index in [1.54, 1.807) is 12.3 Å². The van der Waals surface area contributed by atoms with E-state index < -0.39 is 35.2 Å². The van der Waals surface area contributed by atoms with Crippen LogP contribution >= 0.6 is 0 Å². The third-order valence-corrected chi connectivity index (χ3v) is 5.91. The lowest BCUT2D eigenvalue weighted by Gasteiger charge is -2.41. The summed E-state index contributed by atoms with van der Waals surface area (Å²) in [5.41, 5.74) is 7.47. The lowest BCUT2D eigenvalue weighted by Crippen LogP contribution is -2.44. The zero-order valence-electron chi connectivity index (χ0n) is 17.9. The fourth-order valence-electron chi connectivity index (χ4n) is 4.44. The quantitative estimate of drug-likeness (QED) is 0.539. The smallest absolute Gasteiger partial charge is 0.255 e. The third kappa shape index (κ3) is 3.58. The first kappa shape index (κ1) is 21.8. The minimum atomic E-state index is -0.902. The maximum absolute atomic E-state index is 14.4. The number of nitrogens with two attached hydrogens (primary N) is 1. The van der Waals surface area contributed by atoms with Crippen molar-refractivity contribution < 1.29 is 23.4 Å². The number of ether oxygens (including phenoxy) is 1. The maximum atomic E-state index is 14.4. The number of hydrogen-bond donors (Lipinski definition) is 3. The van der Waals surface area contributed by atoms with Crippen molar-refractivity contribution in [3.8, 4) is 11.4 Å². The number of rotatable bonds is 4. The summed E-state index contributed by atoms with van der Waals surface area (Å²) < 4.78 is 34.3. The molecule has 9 heteroatoms. The lowest BCUT2D eigenvalue weighted by atomic mass is 9.69. The minimum Gasteiger partial charge on any atom is -0.493 e. The molecule has 0 spiro atoms. The average molecular weight is 442 g/mol. The van der Waals surface area contributed by atoms with Gasteiger partial charge in [-0.25, -0.2) is 9.37 Å². The Labute approximate surface area is 183 Å². The van der Waals surface area contributed by atoms with E-state index in [-0.39, 0.29) is 17.1 Å². The van der Waals surface area contributed by atoms with Gasteiger partial charge in [-0.3, -0.25) is 4.79 Å². The van der Waals surface area contributed by atoms with Gasteiger partial charge in [-0.1, -0.05) is 19.9 Å². The summed E-state index contributed by atoms with van der Waals surface area (Å²) in [4.78, 5) is 16.7. The topological polar surface area (TPSA) is 102 Å². The average Bonchev–Trinajstić information content (AvgIpc) is 3.12. The summed E-state index contributed by atoms with van der Waals surface area (Å²) in [7, 11) is 1.39. The highest BCUT2D eigenvalue weighted by molar-refractivity contribution is 5.99. The van der Waals surface area contributed by atoms with E-state index in [0.717, 1.165) is 0 Å². The van der Waals surface area contributed by atoms with Crippen LogP contribution in [0.15, 0.2) is 42.7 Å². The molecule has 1 aliphatic carbocycles. The lowest BCUT2D eigenvalue weighted by molar-refractivity contribution is 0.0682. The summed E-state index contributed by atoms with van der Waals surface area (Å²) in [5, 5.41) is 13.7.